The van der Waals surface area contributed by atoms with E-state index in [1.807, 2.05) is 18.2 Å². The third-order valence-corrected chi connectivity index (χ3v) is 10.2. The molecule has 0 aliphatic carbocycles. The highest BCUT2D eigenvalue weighted by Gasteiger charge is 2.29. The molecule has 2 nitrogen and oxygen atoms in total. The van der Waals surface area contributed by atoms with Crippen LogP contribution in [0.2, 0.25) is 5.02 Å². The van der Waals surface area contributed by atoms with Crippen molar-refractivity contribution in [2.24, 2.45) is 0 Å². The van der Waals surface area contributed by atoms with Crippen molar-refractivity contribution >= 4 is 43.5 Å². The smallest absolute Gasteiger partial charge is 0.123 e. The Kier molecular flexibility index (Phi) is 9.96. The van der Waals surface area contributed by atoms with E-state index in [0.29, 0.717) is 16.5 Å². The molecule has 0 radical (unpaired) electrons. The van der Waals surface area contributed by atoms with E-state index in [9.17, 15) is 0 Å². The van der Waals surface area contributed by atoms with Crippen LogP contribution in [-0.2, 0) is 0 Å². The number of hydrogen-bond donors (Lipinski definition) is 0. The molecule has 0 unspecified atom stereocenters. The van der Waals surface area contributed by atoms with Gasteiger partial charge in [0, 0.05) is 20.0 Å². The summed E-state index contributed by atoms with van der Waals surface area (Å²) in [5, 5.41) is 0.683. The van der Waals surface area contributed by atoms with Crippen molar-refractivity contribution in [1.29, 1.82) is 0 Å². The van der Waals surface area contributed by atoms with Crippen molar-refractivity contribution in [2.45, 2.75) is 6.92 Å². The van der Waals surface area contributed by atoms with Crippen LogP contribution in [0.1, 0.15) is 5.56 Å². The van der Waals surface area contributed by atoms with Crippen molar-refractivity contribution in [1.82, 2.24) is 0 Å². The third-order valence-electron chi connectivity index (χ3n) is 8.91. The normalized spacial score (nSPS) is 11.0. The summed E-state index contributed by atoms with van der Waals surface area (Å²) in [5.41, 5.74) is 14.2. The van der Waals surface area contributed by atoms with Gasteiger partial charge in [-0.25, -0.2) is 0 Å². The van der Waals surface area contributed by atoms with Gasteiger partial charge in [-0.2, -0.15) is 0 Å². The maximum Gasteiger partial charge on any atom is 0.123 e. The first-order valence-corrected chi connectivity index (χ1v) is 18.2. The number of rotatable bonds is 8. The van der Waals surface area contributed by atoms with E-state index in [2.05, 4.69) is 166 Å². The largest absolute Gasteiger partial charge is 0.497 e. The lowest BCUT2D eigenvalue weighted by Crippen LogP contribution is -2.02. The number of halogens is 3. The van der Waals surface area contributed by atoms with Crippen molar-refractivity contribution in [3.8, 4) is 78.3 Å². The maximum absolute atomic E-state index is 6.55. The Hall–Kier alpha value is -4.61. The average molecular weight is 801 g/mol. The van der Waals surface area contributed by atoms with Crippen molar-refractivity contribution in [3.63, 3.8) is 0 Å². The highest BCUT2D eigenvalue weighted by Crippen LogP contribution is 2.56. The van der Waals surface area contributed by atoms with Gasteiger partial charge in [-0.15, -0.1) is 0 Å². The third kappa shape index (κ3) is 6.76. The first-order valence-electron chi connectivity index (χ1n) is 16.2. The van der Waals surface area contributed by atoms with Crippen LogP contribution in [0.15, 0.2) is 155 Å². The van der Waals surface area contributed by atoms with Gasteiger partial charge in [-0.05, 0) is 122 Å². The van der Waals surface area contributed by atoms with Crippen LogP contribution in [0.3, 0.4) is 0 Å². The lowest BCUT2D eigenvalue weighted by molar-refractivity contribution is 0.394. The molecular formula is C45H33Br2ClO2. The molecule has 0 saturated heterocycles. The number of ether oxygens (including phenoxy) is 2. The zero-order valence-corrected chi connectivity index (χ0v) is 31.7. The minimum absolute atomic E-state index is 0.683. The van der Waals surface area contributed by atoms with Gasteiger partial charge in [0.05, 0.1) is 14.2 Å². The molecule has 0 heterocycles. The van der Waals surface area contributed by atoms with Crippen LogP contribution in [-0.4, -0.2) is 14.2 Å². The molecule has 5 heteroatoms. The van der Waals surface area contributed by atoms with E-state index in [1.165, 1.54) is 5.56 Å². The highest BCUT2D eigenvalue weighted by atomic mass is 79.9. The van der Waals surface area contributed by atoms with Gasteiger partial charge in [0.25, 0.3) is 0 Å². The molecule has 0 aliphatic rings. The highest BCUT2D eigenvalue weighted by molar-refractivity contribution is 9.10. The van der Waals surface area contributed by atoms with Gasteiger partial charge in [-0.1, -0.05) is 140 Å². The number of aryl methyl sites for hydroxylation is 1. The molecule has 7 aromatic rings. The topological polar surface area (TPSA) is 18.5 Å². The molecule has 0 fully saturated rings. The van der Waals surface area contributed by atoms with E-state index in [0.717, 1.165) is 75.7 Å². The van der Waals surface area contributed by atoms with Crippen LogP contribution in [0.4, 0.5) is 0 Å². The monoisotopic (exact) mass is 798 g/mol. The molecule has 246 valence electrons. The Labute approximate surface area is 315 Å². The minimum Gasteiger partial charge on any atom is -0.497 e. The summed E-state index contributed by atoms with van der Waals surface area (Å²) < 4.78 is 13.8. The Morgan fingerprint density at radius 2 is 0.800 bits per heavy atom. The summed E-state index contributed by atoms with van der Waals surface area (Å²) in [7, 11) is 3.39. The Morgan fingerprint density at radius 1 is 0.400 bits per heavy atom. The summed E-state index contributed by atoms with van der Waals surface area (Å²) in [4.78, 5) is 0. The van der Waals surface area contributed by atoms with Crippen LogP contribution in [0.5, 0.6) is 11.5 Å². The Morgan fingerprint density at radius 3 is 1.26 bits per heavy atom. The fourth-order valence-electron chi connectivity index (χ4n) is 6.69. The van der Waals surface area contributed by atoms with Crippen LogP contribution >= 0.6 is 43.5 Å². The number of hydrogen-bond acceptors (Lipinski definition) is 2. The molecule has 0 saturated carbocycles. The Bertz CT molecular complexity index is 2280. The van der Waals surface area contributed by atoms with Gasteiger partial charge in [0.2, 0.25) is 0 Å². The summed E-state index contributed by atoms with van der Waals surface area (Å²) >= 11 is 13.9. The fourth-order valence-corrected chi connectivity index (χ4v) is 7.34. The summed E-state index contributed by atoms with van der Waals surface area (Å²) in [5.74, 6) is 1.42. The van der Waals surface area contributed by atoms with E-state index >= 15 is 0 Å². The molecule has 7 rings (SSSR count). The second-order valence-corrected chi connectivity index (χ2v) is 14.4. The molecule has 0 aliphatic heterocycles. The van der Waals surface area contributed by atoms with Gasteiger partial charge >= 0.3 is 0 Å². The number of methoxy groups -OCH3 is 2. The summed E-state index contributed by atoms with van der Waals surface area (Å²) in [6.07, 6.45) is 0. The lowest BCUT2D eigenvalue weighted by Gasteiger charge is -2.29. The molecule has 50 heavy (non-hydrogen) atoms. The number of benzene rings is 7. The second kappa shape index (κ2) is 14.7. The first kappa shape index (κ1) is 33.9. The van der Waals surface area contributed by atoms with Gasteiger partial charge in [-0.3, -0.25) is 0 Å². The van der Waals surface area contributed by atoms with Gasteiger partial charge in [0.15, 0.2) is 0 Å². The van der Waals surface area contributed by atoms with Gasteiger partial charge < -0.3 is 9.47 Å². The van der Waals surface area contributed by atoms with E-state index < -0.39 is 0 Å². The minimum atomic E-state index is 0.683. The van der Waals surface area contributed by atoms with E-state index in [1.54, 1.807) is 14.2 Å². The standard InChI is InChI=1S/C45H33Br2ClO2/c1-28-8-7-11-33(24-28)44-43(31-14-20-36(47)21-15-31)41(30-12-18-35(46)19-13-30)42(32-16-22-37(48)23-17-32)40(29-9-5-4-6-10-29)45(44)34-25-38(49-2)27-39(26-34)50-3/h4-27H,1-3H3. The Balaban J connectivity index is 1.83. The van der Waals surface area contributed by atoms with Gasteiger partial charge in [0.1, 0.15) is 11.5 Å². The molecule has 0 spiro atoms. The predicted octanol–water partition coefficient (Wildman–Crippen LogP) is 14.2. The van der Waals surface area contributed by atoms with E-state index in [-0.39, 0.29) is 0 Å². The van der Waals surface area contributed by atoms with Crippen LogP contribution < -0.4 is 9.47 Å². The van der Waals surface area contributed by atoms with Crippen molar-refractivity contribution < 1.29 is 9.47 Å². The summed E-state index contributed by atoms with van der Waals surface area (Å²) in [6, 6.07) is 51.0. The average Bonchev–Trinajstić information content (AvgIpc) is 3.15. The van der Waals surface area contributed by atoms with Crippen LogP contribution in [0, 0.1) is 6.92 Å². The second-order valence-electron chi connectivity index (χ2n) is 12.1. The zero-order valence-electron chi connectivity index (χ0n) is 27.8. The quantitative estimate of drug-likeness (QED) is 0.152. The molecule has 0 amide bonds. The first-order chi connectivity index (χ1) is 24.3. The molecule has 0 atom stereocenters. The predicted molar refractivity (Wildman–Crippen MR) is 217 cm³/mol. The van der Waals surface area contributed by atoms with Crippen molar-refractivity contribution in [2.75, 3.05) is 14.2 Å². The lowest BCUT2D eigenvalue weighted by atomic mass is 9.74. The molecule has 0 aromatic heterocycles. The fraction of sp³-hybridized carbons (Fsp3) is 0.0667. The zero-order chi connectivity index (χ0) is 34.8. The van der Waals surface area contributed by atoms with E-state index in [4.69, 9.17) is 21.1 Å². The maximum atomic E-state index is 6.55. The molecule has 0 N–H and O–H groups in total. The summed E-state index contributed by atoms with van der Waals surface area (Å²) in [6.45, 7) is 2.15. The van der Waals surface area contributed by atoms with Crippen LogP contribution in [0.25, 0.3) is 66.8 Å². The molecular weight excluding hydrogens is 768 g/mol. The van der Waals surface area contributed by atoms with Crippen molar-refractivity contribution in [3.05, 3.63) is 165 Å². The molecule has 0 bridgehead atoms. The SMILES string of the molecule is COc1cc(OC)cc(-c2c(-c3ccccc3)c(-c3ccc(Cl)cc3)c(-c3ccc(Br)cc3)c(-c3ccc(Br)cc3)c2-c2cccc(C)c2)c1. The molecule has 7 aromatic carbocycles.